The Balaban J connectivity index is 2.23. The Morgan fingerprint density at radius 3 is 1.80 bits per heavy atom. The average Bonchev–Trinajstić information content (AvgIpc) is 2.52. The van der Waals surface area contributed by atoms with Crippen LogP contribution in [0.15, 0.2) is 23.1 Å². The van der Waals surface area contributed by atoms with Crippen molar-refractivity contribution in [3.05, 3.63) is 57.1 Å². The van der Waals surface area contributed by atoms with Crippen molar-refractivity contribution >= 4 is 23.4 Å². The summed E-state index contributed by atoms with van der Waals surface area (Å²) in [7, 11) is 0. The molecule has 3 heteroatoms. The van der Waals surface area contributed by atoms with Crippen molar-refractivity contribution in [2.45, 2.75) is 65.5 Å². The summed E-state index contributed by atoms with van der Waals surface area (Å²) in [4.78, 5) is 14.0. The molecule has 0 saturated heterocycles. The number of rotatable bonds is 4. The first kappa shape index (κ1) is 19.6. The van der Waals surface area contributed by atoms with Gasteiger partial charge in [0.15, 0.2) is 0 Å². The second-order valence-electron chi connectivity index (χ2n) is 7.11. The maximum Gasteiger partial charge on any atom is 0.237 e. The lowest BCUT2D eigenvalue weighted by Crippen LogP contribution is -2.23. The van der Waals surface area contributed by atoms with Crippen LogP contribution in [0.25, 0.3) is 0 Å². The molecule has 0 unspecified atom stereocenters. The average molecular weight is 356 g/mol. The van der Waals surface area contributed by atoms with Crippen molar-refractivity contribution in [1.82, 2.24) is 0 Å². The molecule has 0 aliphatic heterocycles. The Morgan fingerprint density at radius 1 is 0.840 bits per heavy atom. The van der Waals surface area contributed by atoms with E-state index in [1.807, 2.05) is 20.8 Å². The highest BCUT2D eigenvalue weighted by Crippen LogP contribution is 2.34. The van der Waals surface area contributed by atoms with E-state index in [0.29, 0.717) is 0 Å². The van der Waals surface area contributed by atoms with Gasteiger partial charge >= 0.3 is 0 Å². The van der Waals surface area contributed by atoms with E-state index in [1.54, 1.807) is 11.8 Å². The lowest BCUT2D eigenvalue weighted by atomic mass is 10.0. The van der Waals surface area contributed by atoms with E-state index in [0.717, 1.165) is 16.8 Å². The van der Waals surface area contributed by atoms with Gasteiger partial charge in [-0.1, -0.05) is 23.8 Å². The monoisotopic (exact) mass is 355 g/mol. The molecule has 2 nitrogen and oxygen atoms in total. The lowest BCUT2D eigenvalue weighted by Gasteiger charge is -2.19. The number of amides is 1. The van der Waals surface area contributed by atoms with E-state index < -0.39 is 0 Å². The first-order valence-electron chi connectivity index (χ1n) is 8.74. The number of hydrogen-bond acceptors (Lipinski definition) is 2. The van der Waals surface area contributed by atoms with Crippen LogP contribution in [0.5, 0.6) is 0 Å². The number of carbonyl (C=O) groups excluding carboxylic acids is 1. The zero-order valence-electron chi connectivity index (χ0n) is 16.6. The van der Waals surface area contributed by atoms with Crippen molar-refractivity contribution in [3.8, 4) is 0 Å². The molecule has 0 aromatic heterocycles. The van der Waals surface area contributed by atoms with Gasteiger partial charge in [-0.2, -0.15) is 0 Å². The van der Waals surface area contributed by atoms with Gasteiger partial charge in [-0.25, -0.2) is 0 Å². The van der Waals surface area contributed by atoms with Crippen LogP contribution in [0.2, 0.25) is 0 Å². The summed E-state index contributed by atoms with van der Waals surface area (Å²) >= 11 is 1.66. The normalized spacial score (nSPS) is 12.2. The predicted molar refractivity (Wildman–Crippen MR) is 110 cm³/mol. The number of anilines is 1. The van der Waals surface area contributed by atoms with E-state index in [2.05, 4.69) is 58.1 Å². The number of hydrogen-bond donors (Lipinski definition) is 1. The van der Waals surface area contributed by atoms with Crippen LogP contribution in [0, 0.1) is 48.5 Å². The van der Waals surface area contributed by atoms with E-state index in [4.69, 9.17) is 0 Å². The molecule has 1 N–H and O–H groups in total. The molecular formula is C22H29NOS. The molecule has 134 valence electrons. The van der Waals surface area contributed by atoms with Gasteiger partial charge in [0.05, 0.1) is 5.25 Å². The van der Waals surface area contributed by atoms with Gasteiger partial charge in [-0.3, -0.25) is 4.79 Å². The van der Waals surface area contributed by atoms with Gasteiger partial charge < -0.3 is 5.32 Å². The summed E-state index contributed by atoms with van der Waals surface area (Å²) in [6, 6.07) is 6.44. The Bertz CT molecular complexity index is 774. The topological polar surface area (TPSA) is 29.1 Å². The quantitative estimate of drug-likeness (QED) is 0.685. The highest BCUT2D eigenvalue weighted by molar-refractivity contribution is 8.00. The second-order valence-corrected chi connectivity index (χ2v) is 8.46. The summed E-state index contributed by atoms with van der Waals surface area (Å²) in [6.45, 7) is 16.7. The fourth-order valence-corrected chi connectivity index (χ4v) is 4.38. The summed E-state index contributed by atoms with van der Waals surface area (Å²) in [5, 5.41) is 2.98. The number of aryl methyl sites for hydroxylation is 5. The van der Waals surface area contributed by atoms with Gasteiger partial charge in [0, 0.05) is 10.6 Å². The van der Waals surface area contributed by atoms with Crippen LogP contribution in [0.3, 0.4) is 0 Å². The van der Waals surface area contributed by atoms with Crippen LogP contribution in [0.4, 0.5) is 5.69 Å². The molecular weight excluding hydrogens is 326 g/mol. The third-order valence-electron chi connectivity index (χ3n) is 4.89. The fraction of sp³-hybridized carbons (Fsp3) is 0.409. The number of carbonyl (C=O) groups is 1. The molecule has 0 fully saturated rings. The van der Waals surface area contributed by atoms with Crippen LogP contribution in [0.1, 0.15) is 45.9 Å². The van der Waals surface area contributed by atoms with Crippen molar-refractivity contribution in [1.29, 1.82) is 0 Å². The van der Waals surface area contributed by atoms with E-state index in [9.17, 15) is 4.79 Å². The lowest BCUT2D eigenvalue weighted by molar-refractivity contribution is -0.115. The van der Waals surface area contributed by atoms with Gasteiger partial charge in [0.1, 0.15) is 0 Å². The van der Waals surface area contributed by atoms with Crippen LogP contribution in [-0.4, -0.2) is 11.2 Å². The minimum absolute atomic E-state index is 0.0537. The maximum atomic E-state index is 12.8. The third-order valence-corrected chi connectivity index (χ3v) is 6.30. The Labute approximate surface area is 156 Å². The van der Waals surface area contributed by atoms with Crippen molar-refractivity contribution in [2.75, 3.05) is 5.32 Å². The molecule has 1 amide bonds. The molecule has 2 rings (SSSR count). The Kier molecular flexibility index (Phi) is 5.99. The predicted octanol–water partition coefficient (Wildman–Crippen LogP) is 5.96. The van der Waals surface area contributed by atoms with Crippen LogP contribution >= 0.6 is 11.8 Å². The molecule has 0 saturated carbocycles. The highest BCUT2D eigenvalue weighted by atomic mass is 32.2. The molecule has 0 spiro atoms. The van der Waals surface area contributed by atoms with Gasteiger partial charge in [-0.15, -0.1) is 11.8 Å². The molecule has 2 aromatic carbocycles. The van der Waals surface area contributed by atoms with E-state index in [1.165, 1.54) is 32.7 Å². The smallest absolute Gasteiger partial charge is 0.237 e. The van der Waals surface area contributed by atoms with Gasteiger partial charge in [-0.05, 0) is 88.8 Å². The second kappa shape index (κ2) is 7.65. The minimum Gasteiger partial charge on any atom is -0.325 e. The Morgan fingerprint density at radius 2 is 1.32 bits per heavy atom. The molecule has 0 heterocycles. The first-order chi connectivity index (χ1) is 11.6. The van der Waals surface area contributed by atoms with Crippen molar-refractivity contribution < 1.29 is 4.79 Å². The summed E-state index contributed by atoms with van der Waals surface area (Å²) < 4.78 is 0. The molecule has 0 aliphatic carbocycles. The van der Waals surface area contributed by atoms with E-state index in [-0.39, 0.29) is 11.2 Å². The van der Waals surface area contributed by atoms with Gasteiger partial charge in [0.2, 0.25) is 5.91 Å². The summed E-state index contributed by atoms with van der Waals surface area (Å²) in [5.74, 6) is 0.0537. The van der Waals surface area contributed by atoms with Crippen LogP contribution in [-0.2, 0) is 4.79 Å². The van der Waals surface area contributed by atoms with Gasteiger partial charge in [0.25, 0.3) is 0 Å². The molecule has 25 heavy (non-hydrogen) atoms. The fourth-order valence-electron chi connectivity index (χ4n) is 3.19. The molecule has 1 atom stereocenters. The molecule has 0 bridgehead atoms. The number of benzene rings is 2. The standard InChI is InChI=1S/C22H29NOS/c1-12-9-15(4)20(16(5)10-12)23-22(24)19(8)25-21-17(6)13(2)11-14(3)18(21)7/h9-11,19H,1-8H3,(H,23,24)/t19-/m0/s1. The van der Waals surface area contributed by atoms with Crippen LogP contribution < -0.4 is 5.32 Å². The summed E-state index contributed by atoms with van der Waals surface area (Å²) in [5.41, 5.74) is 9.50. The first-order valence-corrected chi connectivity index (χ1v) is 9.62. The Hall–Kier alpha value is -1.74. The third kappa shape index (κ3) is 4.27. The highest BCUT2D eigenvalue weighted by Gasteiger charge is 2.19. The van der Waals surface area contributed by atoms with Crippen molar-refractivity contribution in [2.24, 2.45) is 0 Å². The molecule has 0 aliphatic rings. The SMILES string of the molecule is Cc1cc(C)c(NC(=O)[C@H](C)Sc2c(C)c(C)cc(C)c2C)c(C)c1. The molecule has 0 radical (unpaired) electrons. The number of nitrogens with one attached hydrogen (secondary N) is 1. The van der Waals surface area contributed by atoms with Crippen molar-refractivity contribution in [3.63, 3.8) is 0 Å². The molecule has 2 aromatic rings. The maximum absolute atomic E-state index is 12.8. The minimum atomic E-state index is -0.154. The zero-order chi connectivity index (χ0) is 18.9. The van der Waals surface area contributed by atoms with E-state index >= 15 is 0 Å². The summed E-state index contributed by atoms with van der Waals surface area (Å²) in [6.07, 6.45) is 0. The zero-order valence-corrected chi connectivity index (χ0v) is 17.4. The largest absolute Gasteiger partial charge is 0.325 e. The number of thioether (sulfide) groups is 1.